The number of hydrogen-bond acceptors (Lipinski definition) is 0. The van der Waals surface area contributed by atoms with E-state index in [1.807, 2.05) is 0 Å². The highest BCUT2D eigenvalue weighted by atomic mass is 35.6. The molecule has 0 heterocycles. The summed E-state index contributed by atoms with van der Waals surface area (Å²) >= 11 is 112. The van der Waals surface area contributed by atoms with Gasteiger partial charge in [-0.1, -0.05) is 209 Å². The number of hydrogen-bond donors (Lipinski definition) is 0. The lowest BCUT2D eigenvalue weighted by Gasteiger charge is -2.56. The summed E-state index contributed by atoms with van der Waals surface area (Å²) in [5.41, 5.74) is 0. The Balaban J connectivity index is 7.04. The zero-order valence-electron chi connectivity index (χ0n) is 12.1. The lowest BCUT2D eigenvalue weighted by Crippen LogP contribution is -2.73. The molecule has 0 aromatic heterocycles. The molecule has 0 aliphatic heterocycles. The highest BCUT2D eigenvalue weighted by Crippen LogP contribution is 2.74. The minimum Gasteiger partial charge on any atom is -0.190 e. The molecule has 0 saturated carbocycles. The van der Waals surface area contributed by atoms with Gasteiger partial charge < -0.3 is 0 Å². The van der Waals surface area contributed by atoms with Crippen LogP contribution < -0.4 is 0 Å². The van der Waals surface area contributed by atoms with E-state index in [0.717, 1.165) is 0 Å². The van der Waals surface area contributed by atoms with Crippen molar-refractivity contribution >= 4 is 220 Å². The van der Waals surface area contributed by atoms with Gasteiger partial charge in [0.15, 0.2) is 22.2 Å². The van der Waals surface area contributed by atoms with Crippen LogP contribution in [0.3, 0.4) is 0 Å². The predicted octanol–water partition coefficient (Wildman–Crippen LogP) is 11.1. The summed E-state index contributed by atoms with van der Waals surface area (Å²) in [5.74, 6) is 0. The molecule has 0 rings (SSSR count). The lowest BCUT2D eigenvalue weighted by atomic mass is 9.97. The molecule has 29 heavy (non-hydrogen) atoms. The quantitative estimate of drug-likeness (QED) is 0.239. The Hall–Kier alpha value is 5.47. The fourth-order valence-electron chi connectivity index (χ4n) is 1.51. The summed E-state index contributed by atoms with van der Waals surface area (Å²) in [6.07, 6.45) is 0. The third-order valence-electron chi connectivity index (χ3n) is 3.16. The standard InChI is InChI=1S/C9Cl19O/c10-1(7(21,22)23,8(24,25)26)2(11,12)3(13,14)4(15,16)5(17,18)6(19,20)9(27,28)29. The molecule has 0 atom stereocenters. The number of rotatable bonds is 6. The molecule has 1 nitrogen and oxygen atoms in total. The van der Waals surface area contributed by atoms with Gasteiger partial charge in [0.25, 0.3) is 4.52 Å². The van der Waals surface area contributed by atoms with Gasteiger partial charge in [-0.05, 0) is 0 Å². The molecule has 20 heteroatoms. The second-order valence-corrected chi connectivity index (χ2v) is 18.1. The maximum Gasteiger partial charge on any atom is 0.286 e. The third-order valence-corrected chi connectivity index (χ3v) is 14.6. The molecule has 0 fully saturated rings. The largest absolute Gasteiger partial charge is 0.286 e. The van der Waals surface area contributed by atoms with Gasteiger partial charge in [-0.3, -0.25) is 0 Å². The van der Waals surface area contributed by atoms with Crippen LogP contribution in [0.1, 0.15) is 0 Å². The van der Waals surface area contributed by atoms with Crippen molar-refractivity contribution in [2.24, 2.45) is 0 Å². The second kappa shape index (κ2) is 9.98. The van der Waals surface area contributed by atoms with Crippen LogP contribution in [0.15, 0.2) is 0 Å². The van der Waals surface area contributed by atoms with Crippen molar-refractivity contribution in [1.29, 1.82) is 0 Å². The molecule has 1 radical (unpaired) electrons. The summed E-state index contributed by atoms with van der Waals surface area (Å²) in [5, 5.41) is 12.0. The van der Waals surface area contributed by atoms with Crippen molar-refractivity contribution in [2.45, 2.75) is 38.6 Å². The summed E-state index contributed by atoms with van der Waals surface area (Å²) in [4.78, 5) is -3.05. The molecule has 0 N–H and O–H groups in total. The third kappa shape index (κ3) is 5.52. The molecule has 0 amide bonds. The van der Waals surface area contributed by atoms with Gasteiger partial charge in [-0.25, -0.2) is 0 Å². The van der Waals surface area contributed by atoms with Gasteiger partial charge in [0.1, 0.15) is 0 Å². The first kappa shape index (κ1) is 34.5. The molecule has 0 bridgehead atoms. The summed E-state index contributed by atoms with van der Waals surface area (Å²) in [6, 6.07) is 0. The van der Waals surface area contributed by atoms with E-state index in [1.165, 1.54) is 0 Å². The molecule has 0 saturated heterocycles. The first-order valence-electron chi connectivity index (χ1n) is 5.79. The Morgan fingerprint density at radius 2 is 0.517 bits per heavy atom. The number of alkyl halides is 19. The van der Waals surface area contributed by atoms with E-state index in [-0.39, 0.29) is 0 Å². The average Bonchev–Trinajstić information content (AvgIpc) is 2.41. The Labute approximate surface area is 260 Å². The predicted molar refractivity (Wildman–Crippen MR) is 136 cm³/mol. The van der Waals surface area contributed by atoms with Gasteiger partial charge in [0, 0.05) is 0 Å². The molecule has 0 aromatic rings. The van der Waals surface area contributed by atoms with Crippen molar-refractivity contribution < 1.29 is 5.11 Å². The molecule has 0 spiro atoms. The van der Waals surface area contributed by atoms with E-state index >= 15 is 0 Å². The second-order valence-electron chi connectivity index (χ2n) is 5.04. The molecule has 175 valence electrons. The highest BCUT2D eigenvalue weighted by molar-refractivity contribution is 6.83. The van der Waals surface area contributed by atoms with Gasteiger partial charge in [0.05, 0.1) is 0 Å². The first-order valence-corrected chi connectivity index (χ1v) is 13.0. The van der Waals surface area contributed by atoms with Crippen LogP contribution in [0.4, 0.5) is 0 Å². The molecule has 0 unspecified atom stereocenters. The first-order chi connectivity index (χ1) is 12.0. The smallest absolute Gasteiger partial charge is 0.190 e. The highest BCUT2D eigenvalue weighted by Gasteiger charge is 2.84. The zero-order valence-corrected chi connectivity index (χ0v) is 26.5. The summed E-state index contributed by atoms with van der Waals surface area (Å²) < 4.78 is -25.0. The summed E-state index contributed by atoms with van der Waals surface area (Å²) in [7, 11) is 0. The fourth-order valence-corrected chi connectivity index (χ4v) is 8.34. The molecule has 0 aromatic carbocycles. The van der Waals surface area contributed by atoms with Crippen LogP contribution in [0, 0.1) is 0 Å². The van der Waals surface area contributed by atoms with E-state index in [2.05, 4.69) is 0 Å². The van der Waals surface area contributed by atoms with Gasteiger partial charge in [0.2, 0.25) is 11.9 Å². The van der Waals surface area contributed by atoms with Crippen LogP contribution >= 0.6 is 220 Å². The van der Waals surface area contributed by atoms with Crippen molar-refractivity contribution in [2.75, 3.05) is 0 Å². The van der Waals surface area contributed by atoms with Crippen LogP contribution in [-0.4, -0.2) is 38.6 Å². The Morgan fingerprint density at radius 3 is 0.724 bits per heavy atom. The van der Waals surface area contributed by atoms with Gasteiger partial charge in [-0.15, -0.1) is 11.6 Å². The molecular formula is C9Cl19O. The van der Waals surface area contributed by atoms with Crippen molar-refractivity contribution in [3.63, 3.8) is 0 Å². The Morgan fingerprint density at radius 1 is 0.310 bits per heavy atom. The van der Waals surface area contributed by atoms with Crippen LogP contribution in [-0.2, 0) is 5.11 Å². The van der Waals surface area contributed by atoms with Crippen molar-refractivity contribution in [3.05, 3.63) is 0 Å². The lowest BCUT2D eigenvalue weighted by molar-refractivity contribution is 0.0979. The van der Waals surface area contributed by atoms with Crippen LogP contribution in [0.25, 0.3) is 0 Å². The van der Waals surface area contributed by atoms with Crippen LogP contribution in [0.2, 0.25) is 0 Å². The molecule has 0 aliphatic carbocycles. The van der Waals surface area contributed by atoms with Gasteiger partial charge >= 0.3 is 0 Å². The average molecular weight is 798 g/mol. The minimum atomic E-state index is -3.37. The van der Waals surface area contributed by atoms with E-state index in [1.54, 1.807) is 0 Å². The monoisotopic (exact) mass is 788 g/mol. The summed E-state index contributed by atoms with van der Waals surface area (Å²) in [6.45, 7) is 0. The van der Waals surface area contributed by atoms with E-state index in [4.69, 9.17) is 220 Å². The Kier molecular flexibility index (Phi) is 11.9. The van der Waals surface area contributed by atoms with Crippen molar-refractivity contribution in [3.8, 4) is 0 Å². The zero-order chi connectivity index (χ0) is 24.5. The van der Waals surface area contributed by atoms with E-state index < -0.39 is 38.6 Å². The van der Waals surface area contributed by atoms with Gasteiger partial charge in [-0.2, -0.15) is 5.11 Å². The van der Waals surface area contributed by atoms with E-state index in [0.29, 0.717) is 0 Å². The minimum absolute atomic E-state index is 2.84. The maximum absolute atomic E-state index is 12.0. The normalized spacial score (nSPS) is 17.0. The van der Waals surface area contributed by atoms with Crippen molar-refractivity contribution in [1.82, 2.24) is 0 Å². The number of halogens is 19. The van der Waals surface area contributed by atoms with E-state index in [9.17, 15) is 5.11 Å². The molecular weight excluding hydrogens is 798 g/mol. The maximum atomic E-state index is 12.0. The topological polar surface area (TPSA) is 19.9 Å². The molecule has 0 aliphatic rings. The SMILES string of the molecule is [O]C(Cl)(Cl)C(Cl)(Cl)C(Cl)(Cl)C(Cl)(Cl)C(Cl)(Cl)C(Cl)(Cl)C(Cl)(C(Cl)(Cl)Cl)C(Cl)(Cl)Cl. The fraction of sp³-hybridized carbons (Fsp3) is 1.00. The Bertz CT molecular complexity index is 589. The van der Waals surface area contributed by atoms with Crippen LogP contribution in [0.5, 0.6) is 0 Å².